The number of rotatable bonds is 6. The third kappa shape index (κ3) is 4.72. The number of aromatic amines is 1. The number of carbonyl (C=O) groups excluding carboxylic acids is 1. The second-order valence-corrected chi connectivity index (χ2v) is 10.5. The Morgan fingerprint density at radius 2 is 1.81 bits per heavy atom. The SMILES string of the molecule is Cn1nc(-c2nc3c(N4CCCCC4)cncc3[nH]2)c2c(F)c(-c3cncc(NC(=O)Cc4ccccc4)c3)ncc21. The topological polar surface area (TPSA) is 118 Å². The predicted molar refractivity (Wildman–Crippen MR) is 159 cm³/mol. The van der Waals surface area contributed by atoms with Gasteiger partial charge in [0, 0.05) is 31.9 Å². The molecule has 0 aliphatic carbocycles. The molecule has 1 aromatic carbocycles. The monoisotopic (exact) mass is 561 g/mol. The summed E-state index contributed by atoms with van der Waals surface area (Å²) in [6, 6.07) is 11.1. The highest BCUT2D eigenvalue weighted by molar-refractivity contribution is 5.98. The van der Waals surface area contributed by atoms with Crippen LogP contribution >= 0.6 is 0 Å². The molecule has 6 aromatic rings. The number of carbonyl (C=O) groups is 1. The lowest BCUT2D eigenvalue weighted by molar-refractivity contribution is -0.115. The van der Waals surface area contributed by atoms with Gasteiger partial charge in [-0.15, -0.1) is 0 Å². The highest BCUT2D eigenvalue weighted by Crippen LogP contribution is 2.35. The largest absolute Gasteiger partial charge is 0.368 e. The zero-order valence-corrected chi connectivity index (χ0v) is 23.0. The Balaban J connectivity index is 1.25. The molecule has 0 unspecified atom stereocenters. The quantitative estimate of drug-likeness (QED) is 0.284. The Hall–Kier alpha value is -5.19. The van der Waals surface area contributed by atoms with Gasteiger partial charge in [-0.05, 0) is 30.9 Å². The van der Waals surface area contributed by atoms with Crippen LogP contribution in [0.4, 0.5) is 15.8 Å². The molecule has 5 aromatic heterocycles. The number of hydrogen-bond acceptors (Lipinski definition) is 7. The van der Waals surface area contributed by atoms with Gasteiger partial charge in [0.05, 0.1) is 59.0 Å². The minimum Gasteiger partial charge on any atom is -0.368 e. The Morgan fingerprint density at radius 1 is 1.00 bits per heavy atom. The zero-order valence-electron chi connectivity index (χ0n) is 23.0. The van der Waals surface area contributed by atoms with Crippen molar-refractivity contribution in [1.29, 1.82) is 0 Å². The summed E-state index contributed by atoms with van der Waals surface area (Å²) in [5, 5.41) is 7.78. The van der Waals surface area contributed by atoms with Crippen LogP contribution in [0.15, 0.2) is 67.4 Å². The smallest absolute Gasteiger partial charge is 0.228 e. The minimum atomic E-state index is -0.542. The summed E-state index contributed by atoms with van der Waals surface area (Å²) >= 11 is 0. The maximum Gasteiger partial charge on any atom is 0.228 e. The predicted octanol–water partition coefficient (Wildman–Crippen LogP) is 5.28. The number of pyridine rings is 3. The average molecular weight is 562 g/mol. The van der Waals surface area contributed by atoms with Gasteiger partial charge in [0.15, 0.2) is 11.6 Å². The first-order chi connectivity index (χ1) is 20.5. The summed E-state index contributed by atoms with van der Waals surface area (Å²) < 4.78 is 17.9. The third-order valence-corrected chi connectivity index (χ3v) is 7.63. The molecule has 0 radical (unpaired) electrons. The van der Waals surface area contributed by atoms with Crippen LogP contribution in [0.2, 0.25) is 0 Å². The number of aromatic nitrogens is 7. The highest BCUT2D eigenvalue weighted by Gasteiger charge is 2.24. The molecule has 210 valence electrons. The second-order valence-electron chi connectivity index (χ2n) is 10.5. The molecule has 1 amide bonds. The number of benzene rings is 1. The van der Waals surface area contributed by atoms with Crippen molar-refractivity contribution in [1.82, 2.24) is 34.7 Å². The molecule has 10 nitrogen and oxygen atoms in total. The van der Waals surface area contributed by atoms with Crippen molar-refractivity contribution in [2.24, 2.45) is 7.05 Å². The third-order valence-electron chi connectivity index (χ3n) is 7.63. The number of aryl methyl sites for hydroxylation is 1. The molecule has 0 saturated carbocycles. The minimum absolute atomic E-state index is 0.107. The van der Waals surface area contributed by atoms with E-state index in [1.165, 1.54) is 18.8 Å². The average Bonchev–Trinajstić information content (AvgIpc) is 3.60. The number of imidazole rings is 1. The fourth-order valence-electron chi connectivity index (χ4n) is 5.59. The zero-order chi connectivity index (χ0) is 28.6. The van der Waals surface area contributed by atoms with Crippen LogP contribution in [-0.4, -0.2) is 53.7 Å². The highest BCUT2D eigenvalue weighted by atomic mass is 19.1. The van der Waals surface area contributed by atoms with Crippen molar-refractivity contribution in [2.45, 2.75) is 25.7 Å². The molecule has 1 aliphatic rings. The van der Waals surface area contributed by atoms with Crippen molar-refractivity contribution < 1.29 is 9.18 Å². The number of nitrogens with one attached hydrogen (secondary N) is 2. The van der Waals surface area contributed by atoms with Crippen molar-refractivity contribution in [3.63, 3.8) is 0 Å². The van der Waals surface area contributed by atoms with Crippen molar-refractivity contribution >= 4 is 39.2 Å². The number of nitrogens with zero attached hydrogens (tertiary/aromatic N) is 7. The van der Waals surface area contributed by atoms with E-state index in [1.54, 1.807) is 30.2 Å². The van der Waals surface area contributed by atoms with E-state index in [4.69, 9.17) is 4.98 Å². The van der Waals surface area contributed by atoms with Gasteiger partial charge in [-0.1, -0.05) is 30.3 Å². The molecule has 0 bridgehead atoms. The van der Waals surface area contributed by atoms with Crippen LogP contribution in [-0.2, 0) is 18.3 Å². The number of anilines is 2. The van der Waals surface area contributed by atoms with Crippen molar-refractivity contribution in [3.05, 3.63) is 78.8 Å². The first-order valence-electron chi connectivity index (χ1n) is 13.9. The van der Waals surface area contributed by atoms with Gasteiger partial charge in [-0.3, -0.25) is 24.4 Å². The van der Waals surface area contributed by atoms with E-state index in [2.05, 4.69) is 35.3 Å². The van der Waals surface area contributed by atoms with Crippen molar-refractivity contribution in [3.8, 4) is 22.8 Å². The van der Waals surface area contributed by atoms with Crippen molar-refractivity contribution in [2.75, 3.05) is 23.3 Å². The lowest BCUT2D eigenvalue weighted by atomic mass is 10.1. The number of halogens is 1. The fourth-order valence-corrected chi connectivity index (χ4v) is 5.59. The number of H-pyrrole nitrogens is 1. The Labute approximate surface area is 240 Å². The molecule has 7 rings (SSSR count). The van der Waals surface area contributed by atoms with E-state index < -0.39 is 5.82 Å². The van der Waals surface area contributed by atoms with Crippen LogP contribution in [0.25, 0.3) is 44.7 Å². The fraction of sp³-hybridized carbons (Fsp3) is 0.226. The normalized spacial score (nSPS) is 13.6. The molecule has 42 heavy (non-hydrogen) atoms. The van der Waals surface area contributed by atoms with E-state index >= 15 is 4.39 Å². The van der Waals surface area contributed by atoms with Crippen LogP contribution in [0.1, 0.15) is 24.8 Å². The molecule has 1 saturated heterocycles. The first kappa shape index (κ1) is 25.8. The second kappa shape index (κ2) is 10.7. The van der Waals surface area contributed by atoms with E-state index in [-0.39, 0.29) is 18.0 Å². The molecule has 1 fully saturated rings. The lowest BCUT2D eigenvalue weighted by Gasteiger charge is -2.28. The summed E-state index contributed by atoms with van der Waals surface area (Å²) in [7, 11) is 1.75. The summed E-state index contributed by atoms with van der Waals surface area (Å²) in [4.78, 5) is 36.2. The molecule has 6 heterocycles. The number of hydrogen-bond donors (Lipinski definition) is 2. The summed E-state index contributed by atoms with van der Waals surface area (Å²) in [5.74, 6) is -0.278. The Kier molecular flexibility index (Phi) is 6.54. The first-order valence-corrected chi connectivity index (χ1v) is 13.9. The van der Waals surface area contributed by atoms with Gasteiger partial charge in [-0.2, -0.15) is 5.10 Å². The molecular weight excluding hydrogens is 533 g/mol. The van der Waals surface area contributed by atoms with Gasteiger partial charge >= 0.3 is 0 Å². The van der Waals surface area contributed by atoms with Gasteiger partial charge in [0.2, 0.25) is 5.91 Å². The van der Waals surface area contributed by atoms with E-state index in [1.807, 2.05) is 36.5 Å². The van der Waals surface area contributed by atoms with Gasteiger partial charge in [-0.25, -0.2) is 9.37 Å². The van der Waals surface area contributed by atoms with Gasteiger partial charge in [0.25, 0.3) is 0 Å². The maximum atomic E-state index is 16.3. The summed E-state index contributed by atoms with van der Waals surface area (Å²) in [6.07, 6.45) is 11.9. The molecule has 1 aliphatic heterocycles. The molecule has 0 atom stereocenters. The van der Waals surface area contributed by atoms with Crippen LogP contribution in [0, 0.1) is 5.82 Å². The summed E-state index contributed by atoms with van der Waals surface area (Å²) in [5.41, 5.74) is 5.33. The van der Waals surface area contributed by atoms with E-state index in [9.17, 15) is 4.79 Å². The van der Waals surface area contributed by atoms with Crippen LogP contribution in [0.5, 0.6) is 0 Å². The molecular formula is C31H28FN9O. The molecule has 0 spiro atoms. The van der Waals surface area contributed by atoms with Gasteiger partial charge in [0.1, 0.15) is 16.9 Å². The number of piperidine rings is 1. The van der Waals surface area contributed by atoms with Crippen LogP contribution in [0.3, 0.4) is 0 Å². The maximum absolute atomic E-state index is 16.3. The Bertz CT molecular complexity index is 1930. The lowest BCUT2D eigenvalue weighted by Crippen LogP contribution is -2.29. The van der Waals surface area contributed by atoms with Gasteiger partial charge < -0.3 is 15.2 Å². The van der Waals surface area contributed by atoms with Crippen LogP contribution < -0.4 is 10.2 Å². The molecule has 11 heteroatoms. The number of amides is 1. The Morgan fingerprint density at radius 3 is 2.64 bits per heavy atom. The standard InChI is InChI=1S/C31H28FN9O/c1-40-23-18-35-28(20-13-21(15-33-14-20)36-25(42)12-19-8-4-2-5-9-19)27(32)26(23)30(39-40)31-37-22-16-34-17-24(29(22)38-31)41-10-6-3-7-11-41/h2,4-5,8-9,13-18H,3,6-7,10-12H2,1H3,(H,36,42)(H,37,38). The summed E-state index contributed by atoms with van der Waals surface area (Å²) in [6.45, 7) is 1.91. The molecule has 2 N–H and O–H groups in total. The van der Waals surface area contributed by atoms with E-state index in [0.717, 1.165) is 48.2 Å². The number of fused-ring (bicyclic) bond motifs is 2. The van der Waals surface area contributed by atoms with E-state index in [0.29, 0.717) is 33.7 Å².